The Hall–Kier alpha value is -2.53. The van der Waals surface area contributed by atoms with Crippen LogP contribution in [0, 0.1) is 11.8 Å². The number of ether oxygens (including phenoxy) is 2. The van der Waals surface area contributed by atoms with Crippen molar-refractivity contribution in [3.05, 3.63) is 58.6 Å². The smallest absolute Gasteiger partial charge is 0.351 e. The van der Waals surface area contributed by atoms with E-state index >= 15 is 0 Å². The van der Waals surface area contributed by atoms with Gasteiger partial charge in [-0.15, -0.1) is 0 Å². The van der Waals surface area contributed by atoms with Crippen LogP contribution in [0.2, 0.25) is 0 Å². The molecule has 0 radical (unpaired) electrons. The van der Waals surface area contributed by atoms with Crippen LogP contribution in [0.15, 0.2) is 47.4 Å². The Morgan fingerprint density at radius 3 is 2.52 bits per heavy atom. The number of amides is 1. The second-order valence-electron chi connectivity index (χ2n) is 10.6. The summed E-state index contributed by atoms with van der Waals surface area (Å²) in [6.07, 6.45) is -6.03. The maximum Gasteiger partial charge on any atom is 0.351 e. The van der Waals surface area contributed by atoms with Crippen LogP contribution in [0.25, 0.3) is 0 Å². The maximum atomic E-state index is 12.7. The summed E-state index contributed by atoms with van der Waals surface area (Å²) in [4.78, 5) is 64.3. The van der Waals surface area contributed by atoms with Gasteiger partial charge in [-0.25, -0.2) is 4.79 Å². The van der Waals surface area contributed by atoms with Gasteiger partial charge in [-0.05, 0) is 38.0 Å². The molecule has 2 unspecified atom stereocenters. The molecule has 0 spiro atoms. The molecule has 2 heterocycles. The summed E-state index contributed by atoms with van der Waals surface area (Å²) in [5.74, 6) is -4.41. The number of carbonyl (C=O) groups is 1. The van der Waals surface area contributed by atoms with E-state index < -0.39 is 76.0 Å². The van der Waals surface area contributed by atoms with Crippen molar-refractivity contribution in [2.45, 2.75) is 62.9 Å². The molecule has 17 nitrogen and oxygen atoms in total. The van der Waals surface area contributed by atoms with Gasteiger partial charge < -0.3 is 59.0 Å². The van der Waals surface area contributed by atoms with Gasteiger partial charge in [0.15, 0.2) is 6.23 Å². The SMILES string of the molecule is CC(=O)NC[C@@H]1C[C@@H](C(OP(=O)([O-])OC[C@H]2O[C@@H](n3ccc(N)nc3=O)[C@H](O)[C@@H]2O)P(=O)([O-])[O-])C[C@H]1OCc1ccccc1. The van der Waals surface area contributed by atoms with Crippen LogP contribution in [0.3, 0.4) is 0 Å². The Morgan fingerprint density at radius 1 is 1.18 bits per heavy atom. The third kappa shape index (κ3) is 8.80. The molecule has 1 amide bonds. The predicted octanol–water partition coefficient (Wildman–Crippen LogP) is -2.07. The minimum atomic E-state index is -5.71. The molecule has 9 atom stereocenters. The number of phosphoric acid groups is 1. The molecule has 2 fully saturated rings. The van der Waals surface area contributed by atoms with Crippen molar-refractivity contribution in [1.82, 2.24) is 14.9 Å². The van der Waals surface area contributed by atoms with Crippen LogP contribution >= 0.6 is 15.4 Å². The van der Waals surface area contributed by atoms with Crippen LogP contribution < -0.4 is 31.4 Å². The first-order valence-electron chi connectivity index (χ1n) is 13.6. The number of nitrogens with zero attached hydrogens (tertiary/aromatic N) is 2. The highest BCUT2D eigenvalue weighted by molar-refractivity contribution is 7.51. The van der Waals surface area contributed by atoms with E-state index in [2.05, 4.69) is 10.3 Å². The largest absolute Gasteiger partial charge is 0.809 e. The van der Waals surface area contributed by atoms with E-state index in [1.165, 1.54) is 13.0 Å². The van der Waals surface area contributed by atoms with E-state index in [0.717, 1.165) is 16.3 Å². The lowest BCUT2D eigenvalue weighted by Gasteiger charge is -2.43. The number of benzene rings is 1. The Kier molecular flexibility index (Phi) is 11.1. The highest BCUT2D eigenvalue weighted by atomic mass is 31.2. The van der Waals surface area contributed by atoms with Gasteiger partial charge in [0.25, 0.3) is 7.82 Å². The minimum Gasteiger partial charge on any atom is -0.809 e. The summed E-state index contributed by atoms with van der Waals surface area (Å²) in [5, 5.41) is 23.3. The Bertz CT molecular complexity index is 1440. The first kappa shape index (κ1) is 34.3. The summed E-state index contributed by atoms with van der Waals surface area (Å²) in [7, 11) is -11.3. The van der Waals surface area contributed by atoms with Gasteiger partial charge in [-0.2, -0.15) is 4.98 Å². The third-order valence-electron chi connectivity index (χ3n) is 7.40. The number of nitrogens with two attached hydrogens (primary N) is 1. The number of nitrogens with one attached hydrogen (secondary N) is 1. The first-order valence-corrected chi connectivity index (χ1v) is 16.6. The average molecular weight is 660 g/mol. The van der Waals surface area contributed by atoms with E-state index in [0.29, 0.717) is 0 Å². The lowest BCUT2D eigenvalue weighted by molar-refractivity contribution is -0.326. The number of rotatable bonds is 13. The van der Waals surface area contributed by atoms with Crippen molar-refractivity contribution in [2.75, 3.05) is 18.9 Å². The second kappa shape index (κ2) is 14.3. The molecule has 1 aliphatic heterocycles. The second-order valence-corrected chi connectivity index (χ2v) is 13.6. The number of carbonyl (C=O) groups excluding carboxylic acids is 1. The number of phosphoric ester groups is 1. The fourth-order valence-corrected chi connectivity index (χ4v) is 7.67. The number of aliphatic hydroxyl groups is 2. The predicted molar refractivity (Wildman–Crippen MR) is 145 cm³/mol. The molecule has 2 aromatic rings. The lowest BCUT2D eigenvalue weighted by atomic mass is 10.0. The summed E-state index contributed by atoms with van der Waals surface area (Å²) < 4.78 is 46.8. The van der Waals surface area contributed by atoms with Gasteiger partial charge in [-0.3, -0.25) is 13.9 Å². The van der Waals surface area contributed by atoms with Crippen LogP contribution in [0.4, 0.5) is 5.82 Å². The molecule has 1 saturated carbocycles. The van der Waals surface area contributed by atoms with Crippen molar-refractivity contribution in [1.29, 1.82) is 0 Å². The molecule has 19 heteroatoms. The average Bonchev–Trinajstić information content (AvgIpc) is 3.48. The highest BCUT2D eigenvalue weighted by Gasteiger charge is 2.45. The topological polar surface area (TPSA) is 271 Å². The fraction of sp³-hybridized carbons (Fsp3) is 0.560. The number of hydrogen-bond acceptors (Lipinski definition) is 15. The number of hydrogen-bond donors (Lipinski definition) is 4. The molecule has 1 saturated heterocycles. The number of aromatic nitrogens is 2. The maximum absolute atomic E-state index is 12.7. The Balaban J connectivity index is 1.42. The van der Waals surface area contributed by atoms with Crippen molar-refractivity contribution in [2.24, 2.45) is 11.8 Å². The van der Waals surface area contributed by atoms with Crippen LogP contribution in [0.1, 0.15) is 31.6 Å². The molecule has 44 heavy (non-hydrogen) atoms. The van der Waals surface area contributed by atoms with Crippen molar-refractivity contribution in [3.8, 4) is 0 Å². The molecule has 1 aromatic heterocycles. The van der Waals surface area contributed by atoms with Crippen LogP contribution in [-0.2, 0) is 39.1 Å². The Morgan fingerprint density at radius 2 is 1.89 bits per heavy atom. The first-order chi connectivity index (χ1) is 20.6. The fourth-order valence-electron chi connectivity index (χ4n) is 5.28. The van der Waals surface area contributed by atoms with Crippen LogP contribution in [-0.4, -0.2) is 69.1 Å². The van der Waals surface area contributed by atoms with Crippen molar-refractivity contribution >= 4 is 27.1 Å². The van der Waals surface area contributed by atoms with Gasteiger partial charge in [0.05, 0.1) is 25.2 Å². The van der Waals surface area contributed by atoms with Gasteiger partial charge in [0.1, 0.15) is 24.1 Å². The van der Waals surface area contributed by atoms with E-state index in [4.69, 9.17) is 24.3 Å². The third-order valence-corrected chi connectivity index (χ3v) is 9.67. The molecular weight excluding hydrogens is 626 g/mol. The van der Waals surface area contributed by atoms with Gasteiger partial charge in [0, 0.05) is 25.6 Å². The molecule has 2 aliphatic rings. The molecule has 244 valence electrons. The van der Waals surface area contributed by atoms with Crippen LogP contribution in [0.5, 0.6) is 0 Å². The quantitative estimate of drug-likeness (QED) is 0.168. The zero-order valence-electron chi connectivity index (χ0n) is 23.4. The van der Waals surface area contributed by atoms with Gasteiger partial charge in [0.2, 0.25) is 5.91 Å². The highest BCUT2D eigenvalue weighted by Crippen LogP contribution is 2.54. The molecular formula is C25H33N4O13P2-3. The number of anilines is 1. The Labute approximate surface area is 251 Å². The van der Waals surface area contributed by atoms with Crippen molar-refractivity contribution in [3.63, 3.8) is 0 Å². The van der Waals surface area contributed by atoms with E-state index in [-0.39, 0.29) is 37.7 Å². The van der Waals surface area contributed by atoms with E-state index in [1.54, 1.807) is 12.1 Å². The summed E-state index contributed by atoms with van der Waals surface area (Å²) >= 11 is 0. The molecule has 4 rings (SSSR count). The number of nitrogen functional groups attached to an aromatic ring is 1. The molecule has 1 aliphatic carbocycles. The molecule has 1 aromatic carbocycles. The monoisotopic (exact) mass is 659 g/mol. The zero-order chi connectivity index (χ0) is 32.2. The van der Waals surface area contributed by atoms with Crippen molar-refractivity contribution < 1.29 is 57.3 Å². The summed E-state index contributed by atoms with van der Waals surface area (Å²) in [6, 6.07) is 10.3. The zero-order valence-corrected chi connectivity index (χ0v) is 25.2. The van der Waals surface area contributed by atoms with Gasteiger partial charge in [-0.1, -0.05) is 30.3 Å². The standard InChI is InChI=1S/C25H36N4O13P2/c1-14(30)27-11-17-9-16(10-18(17)39-12-15-5-3-2-4-6-15)24(43(34,35)36)42-44(37,38)40-13-19-21(31)22(32)23(41-19)29-8-7-20(26)28-25(29)33/h2-8,16-19,21-24,31-32H,9-13H2,1H3,(H,27,30)(H,37,38)(H2,26,28,33)(H2,34,35,36)/p-3/t16-,17+,18-,19-,21-,22-,23-,24?/m1/s1. The summed E-state index contributed by atoms with van der Waals surface area (Å²) in [5.41, 5.74) is 5.35. The van der Waals surface area contributed by atoms with E-state index in [9.17, 15) is 43.6 Å². The van der Waals surface area contributed by atoms with Gasteiger partial charge >= 0.3 is 5.69 Å². The molecule has 0 bridgehead atoms. The number of aliphatic hydroxyl groups excluding tert-OH is 2. The lowest BCUT2D eigenvalue weighted by Crippen LogP contribution is -2.37. The molecule has 5 N–H and O–H groups in total. The van der Waals surface area contributed by atoms with E-state index in [1.807, 2.05) is 18.2 Å². The summed E-state index contributed by atoms with van der Waals surface area (Å²) in [6.45, 7) is 0.563. The minimum absolute atomic E-state index is 0.0262. The normalized spacial score (nSPS) is 29.3.